The molecule has 0 aliphatic heterocycles. The van der Waals surface area contributed by atoms with Crippen LogP contribution < -0.4 is 4.74 Å². The average Bonchev–Trinajstić information content (AvgIpc) is 2.29. The number of methoxy groups -OCH3 is 1. The molecule has 0 aliphatic carbocycles. The van der Waals surface area contributed by atoms with E-state index in [4.69, 9.17) is 14.6 Å². The normalized spacial score (nSPS) is 11.9. The van der Waals surface area contributed by atoms with Gasteiger partial charge in [-0.3, -0.25) is 0 Å². The van der Waals surface area contributed by atoms with Crippen LogP contribution in [0.1, 0.15) is 23.7 Å². The summed E-state index contributed by atoms with van der Waals surface area (Å²) in [5, 5.41) is 18.5. The van der Waals surface area contributed by atoms with Crippen LogP contribution in [-0.4, -0.2) is 29.6 Å². The second kappa shape index (κ2) is 5.37. The Balaban J connectivity index is 2.84. The molecule has 0 heterocycles. The van der Waals surface area contributed by atoms with E-state index in [-0.39, 0.29) is 17.1 Å². The first-order valence-corrected chi connectivity index (χ1v) is 4.84. The van der Waals surface area contributed by atoms with Crippen molar-refractivity contribution in [1.29, 1.82) is 0 Å². The molecule has 5 nitrogen and oxygen atoms in total. The Kier molecular flexibility index (Phi) is 4.13. The molecular weight excluding hydrogens is 212 g/mol. The molecule has 1 atom stereocenters. The molecule has 1 rings (SSSR count). The molecule has 1 aromatic rings. The second-order valence-corrected chi connectivity index (χ2v) is 3.15. The fraction of sp³-hybridized carbons (Fsp3) is 0.364. The predicted octanol–water partition coefficient (Wildman–Crippen LogP) is 1.29. The number of hydrogen-bond acceptors (Lipinski definition) is 5. The maximum absolute atomic E-state index is 11.5. The van der Waals surface area contributed by atoms with Crippen molar-refractivity contribution in [2.75, 3.05) is 7.11 Å². The van der Waals surface area contributed by atoms with Crippen molar-refractivity contribution in [3.63, 3.8) is 0 Å². The Morgan fingerprint density at radius 2 is 2.19 bits per heavy atom. The maximum Gasteiger partial charge on any atom is 0.340 e. The van der Waals surface area contributed by atoms with E-state index in [9.17, 15) is 9.90 Å². The lowest BCUT2D eigenvalue weighted by Crippen LogP contribution is -2.16. The number of carbonyl (C=O) groups excluding carboxylic acids is 1. The smallest absolute Gasteiger partial charge is 0.340 e. The molecule has 88 valence electrons. The van der Waals surface area contributed by atoms with Gasteiger partial charge in [0.1, 0.15) is 0 Å². The second-order valence-electron chi connectivity index (χ2n) is 3.15. The minimum atomic E-state index is -1.12. The number of benzene rings is 1. The van der Waals surface area contributed by atoms with E-state index in [0.717, 1.165) is 0 Å². The van der Waals surface area contributed by atoms with Crippen LogP contribution in [0.4, 0.5) is 0 Å². The Labute approximate surface area is 93.2 Å². The Morgan fingerprint density at radius 3 is 2.75 bits per heavy atom. The third kappa shape index (κ3) is 2.87. The van der Waals surface area contributed by atoms with E-state index in [1.54, 1.807) is 6.92 Å². The Morgan fingerprint density at radius 1 is 1.50 bits per heavy atom. The van der Waals surface area contributed by atoms with Gasteiger partial charge in [0.2, 0.25) is 6.29 Å². The first-order chi connectivity index (χ1) is 7.58. The van der Waals surface area contributed by atoms with Crippen molar-refractivity contribution in [2.45, 2.75) is 19.6 Å². The standard InChI is InChI=1S/C11H14O5/c1-3-10(13)16-11(14)7-4-5-8(12)9(6-7)15-2/h4-6,10,12-13H,3H2,1-2H3. The molecule has 1 unspecified atom stereocenters. The zero-order valence-corrected chi connectivity index (χ0v) is 9.14. The summed E-state index contributed by atoms with van der Waals surface area (Å²) in [7, 11) is 1.38. The van der Waals surface area contributed by atoms with Gasteiger partial charge in [0, 0.05) is 6.42 Å². The fourth-order valence-electron chi connectivity index (χ4n) is 1.08. The highest BCUT2D eigenvalue weighted by Gasteiger charge is 2.13. The molecule has 0 aliphatic rings. The van der Waals surface area contributed by atoms with E-state index < -0.39 is 12.3 Å². The summed E-state index contributed by atoms with van der Waals surface area (Å²) < 4.78 is 9.55. The highest BCUT2D eigenvalue weighted by atomic mass is 16.6. The topological polar surface area (TPSA) is 76.0 Å². The van der Waals surface area contributed by atoms with Gasteiger partial charge in [-0.2, -0.15) is 0 Å². The molecule has 0 fully saturated rings. The zero-order chi connectivity index (χ0) is 12.1. The number of aliphatic hydroxyl groups is 1. The molecule has 0 amide bonds. The van der Waals surface area contributed by atoms with Crippen LogP contribution >= 0.6 is 0 Å². The van der Waals surface area contributed by atoms with Gasteiger partial charge in [0.15, 0.2) is 11.5 Å². The SMILES string of the molecule is CCC(O)OC(=O)c1ccc(O)c(OC)c1. The number of phenols is 1. The van der Waals surface area contributed by atoms with Crippen LogP contribution in [0, 0.1) is 0 Å². The molecule has 0 radical (unpaired) electrons. The van der Waals surface area contributed by atoms with Crippen molar-refractivity contribution < 1.29 is 24.5 Å². The van der Waals surface area contributed by atoms with E-state index in [1.807, 2.05) is 0 Å². The summed E-state index contributed by atoms with van der Waals surface area (Å²) in [6, 6.07) is 4.07. The Bertz CT molecular complexity index is 375. The summed E-state index contributed by atoms with van der Waals surface area (Å²) in [6.07, 6.45) is -0.798. The van der Waals surface area contributed by atoms with Crippen LogP contribution in [-0.2, 0) is 4.74 Å². The molecule has 2 N–H and O–H groups in total. The summed E-state index contributed by atoms with van der Waals surface area (Å²) in [4.78, 5) is 11.5. The molecule has 0 bridgehead atoms. The van der Waals surface area contributed by atoms with E-state index in [0.29, 0.717) is 6.42 Å². The fourth-order valence-corrected chi connectivity index (χ4v) is 1.08. The first-order valence-electron chi connectivity index (χ1n) is 4.84. The lowest BCUT2D eigenvalue weighted by atomic mass is 10.2. The molecule has 0 saturated heterocycles. The monoisotopic (exact) mass is 226 g/mol. The quantitative estimate of drug-likeness (QED) is 0.597. The van der Waals surface area contributed by atoms with E-state index in [1.165, 1.54) is 25.3 Å². The molecule has 16 heavy (non-hydrogen) atoms. The van der Waals surface area contributed by atoms with Crippen LogP contribution in [0.25, 0.3) is 0 Å². The van der Waals surface area contributed by atoms with Gasteiger partial charge in [-0.1, -0.05) is 6.92 Å². The highest BCUT2D eigenvalue weighted by Crippen LogP contribution is 2.26. The molecule has 0 saturated carbocycles. The number of carbonyl (C=O) groups is 1. The summed E-state index contributed by atoms with van der Waals surface area (Å²) in [5.41, 5.74) is 0.210. The molecule has 1 aromatic carbocycles. The summed E-state index contributed by atoms with van der Waals surface area (Å²) >= 11 is 0. The van der Waals surface area contributed by atoms with Crippen molar-refractivity contribution in [1.82, 2.24) is 0 Å². The minimum Gasteiger partial charge on any atom is -0.504 e. The number of aliphatic hydroxyl groups excluding tert-OH is 1. The number of esters is 1. The maximum atomic E-state index is 11.5. The first kappa shape index (κ1) is 12.3. The molecule has 0 aromatic heterocycles. The van der Waals surface area contributed by atoms with Gasteiger partial charge >= 0.3 is 5.97 Å². The number of aromatic hydroxyl groups is 1. The van der Waals surface area contributed by atoms with Gasteiger partial charge < -0.3 is 19.7 Å². The highest BCUT2D eigenvalue weighted by molar-refractivity contribution is 5.90. The number of hydrogen-bond donors (Lipinski definition) is 2. The summed E-state index contributed by atoms with van der Waals surface area (Å²) in [5.74, 6) is -0.539. The Hall–Kier alpha value is -1.75. The number of rotatable bonds is 4. The lowest BCUT2D eigenvalue weighted by Gasteiger charge is -2.10. The van der Waals surface area contributed by atoms with Gasteiger partial charge in [-0.05, 0) is 18.2 Å². The molecule has 0 spiro atoms. The van der Waals surface area contributed by atoms with Crippen molar-refractivity contribution in [3.8, 4) is 11.5 Å². The van der Waals surface area contributed by atoms with Gasteiger partial charge in [0.25, 0.3) is 0 Å². The van der Waals surface area contributed by atoms with E-state index in [2.05, 4.69) is 0 Å². The van der Waals surface area contributed by atoms with Gasteiger partial charge in [-0.25, -0.2) is 4.79 Å². The van der Waals surface area contributed by atoms with E-state index >= 15 is 0 Å². The number of phenolic OH excluding ortho intramolecular Hbond substituents is 1. The lowest BCUT2D eigenvalue weighted by molar-refractivity contribution is -0.0656. The zero-order valence-electron chi connectivity index (χ0n) is 9.14. The van der Waals surface area contributed by atoms with Gasteiger partial charge in [-0.15, -0.1) is 0 Å². The van der Waals surface area contributed by atoms with Crippen LogP contribution in [0.5, 0.6) is 11.5 Å². The molecule has 5 heteroatoms. The van der Waals surface area contributed by atoms with Crippen LogP contribution in [0.15, 0.2) is 18.2 Å². The van der Waals surface area contributed by atoms with Crippen molar-refractivity contribution in [2.24, 2.45) is 0 Å². The summed E-state index contributed by atoms with van der Waals surface area (Å²) in [6.45, 7) is 1.69. The van der Waals surface area contributed by atoms with Crippen molar-refractivity contribution >= 4 is 5.97 Å². The van der Waals surface area contributed by atoms with Crippen LogP contribution in [0.2, 0.25) is 0 Å². The van der Waals surface area contributed by atoms with Crippen molar-refractivity contribution in [3.05, 3.63) is 23.8 Å². The third-order valence-electron chi connectivity index (χ3n) is 2.01. The minimum absolute atomic E-state index is 0.0601. The largest absolute Gasteiger partial charge is 0.504 e. The molecular formula is C11H14O5. The van der Waals surface area contributed by atoms with Gasteiger partial charge in [0.05, 0.1) is 12.7 Å². The number of ether oxygens (including phenoxy) is 2. The third-order valence-corrected chi connectivity index (χ3v) is 2.01. The predicted molar refractivity (Wildman–Crippen MR) is 56.4 cm³/mol. The average molecular weight is 226 g/mol. The van der Waals surface area contributed by atoms with Crippen LogP contribution in [0.3, 0.4) is 0 Å².